The summed E-state index contributed by atoms with van der Waals surface area (Å²) in [5.41, 5.74) is 5.42. The Morgan fingerprint density at radius 1 is 1.13 bits per heavy atom. The predicted octanol–water partition coefficient (Wildman–Crippen LogP) is 3.44. The average molecular weight is 444 g/mol. The largest absolute Gasteiger partial charge is 0.420 e. The average Bonchev–Trinajstić information content (AvgIpc) is 3.43. The number of aromatic nitrogens is 1. The van der Waals surface area contributed by atoms with E-state index < -0.39 is 9.84 Å². The van der Waals surface area contributed by atoms with E-state index in [1.165, 1.54) is 12.1 Å². The van der Waals surface area contributed by atoms with E-state index in [-0.39, 0.29) is 33.5 Å². The second kappa shape index (κ2) is 8.45. The Morgan fingerprint density at radius 3 is 2.50 bits per heavy atom. The molecule has 0 aliphatic carbocycles. The van der Waals surface area contributed by atoms with E-state index in [1.807, 2.05) is 28.5 Å². The van der Waals surface area contributed by atoms with Crippen LogP contribution in [0, 0.1) is 5.92 Å². The van der Waals surface area contributed by atoms with Crippen LogP contribution < -0.4 is 10.6 Å². The summed E-state index contributed by atoms with van der Waals surface area (Å²) in [5, 5.41) is 1.84. The summed E-state index contributed by atoms with van der Waals surface area (Å²) in [6.07, 6.45) is 4.58. The van der Waals surface area contributed by atoms with Gasteiger partial charge in [-0.25, -0.2) is 8.42 Å². The number of oxazole rings is 1. The number of anilines is 1. The van der Waals surface area contributed by atoms with Crippen molar-refractivity contribution in [2.45, 2.75) is 22.8 Å². The van der Waals surface area contributed by atoms with E-state index in [2.05, 4.69) is 4.98 Å². The molecule has 0 spiro atoms. The molecular formula is C21H21N3O4S2. The SMILES string of the molecule is NC(=O)C1CCN(c2oc(/C=C/c3cccs3)nc2S(=O)(=O)c2ccccc2)CC1. The van der Waals surface area contributed by atoms with Crippen molar-refractivity contribution in [2.24, 2.45) is 11.7 Å². The lowest BCUT2D eigenvalue weighted by Gasteiger charge is -2.30. The summed E-state index contributed by atoms with van der Waals surface area (Å²) in [6, 6.07) is 12.0. The summed E-state index contributed by atoms with van der Waals surface area (Å²) < 4.78 is 32.4. The lowest BCUT2D eigenvalue weighted by Crippen LogP contribution is -2.38. The maximum Gasteiger partial charge on any atom is 0.236 e. The van der Waals surface area contributed by atoms with Crippen LogP contribution >= 0.6 is 11.3 Å². The first-order valence-corrected chi connectivity index (χ1v) is 11.9. The van der Waals surface area contributed by atoms with E-state index in [1.54, 1.807) is 35.6 Å². The number of carbonyl (C=O) groups is 1. The standard InChI is InChI=1S/C21H21N3O4S2/c22-19(25)15-10-12-24(13-11-15)21-20(30(26,27)17-6-2-1-3-7-17)23-18(28-21)9-8-16-5-4-14-29-16/h1-9,14-15H,10-13H2,(H2,22,25)/b9-8+. The highest BCUT2D eigenvalue weighted by atomic mass is 32.2. The van der Waals surface area contributed by atoms with Crippen molar-refractivity contribution >= 4 is 45.1 Å². The van der Waals surface area contributed by atoms with Crippen molar-refractivity contribution in [3.8, 4) is 0 Å². The summed E-state index contributed by atoms with van der Waals surface area (Å²) in [6.45, 7) is 0.933. The Balaban J connectivity index is 1.71. The third-order valence-corrected chi connectivity index (χ3v) is 7.53. The lowest BCUT2D eigenvalue weighted by atomic mass is 9.96. The monoisotopic (exact) mass is 443 g/mol. The highest BCUT2D eigenvalue weighted by Gasteiger charge is 2.33. The predicted molar refractivity (Wildman–Crippen MR) is 116 cm³/mol. The number of thiophene rings is 1. The Bertz CT molecular complexity index is 1140. The molecule has 1 aliphatic rings. The van der Waals surface area contributed by atoms with Crippen LogP contribution in [0.4, 0.5) is 5.88 Å². The molecule has 30 heavy (non-hydrogen) atoms. The molecule has 2 N–H and O–H groups in total. The van der Waals surface area contributed by atoms with Crippen LogP contribution in [0.3, 0.4) is 0 Å². The van der Waals surface area contributed by atoms with E-state index in [0.717, 1.165) is 4.88 Å². The van der Waals surface area contributed by atoms with Gasteiger partial charge in [-0.05, 0) is 42.5 Å². The molecule has 7 nitrogen and oxygen atoms in total. The number of hydrogen-bond donors (Lipinski definition) is 1. The molecule has 1 amide bonds. The number of carbonyl (C=O) groups excluding carboxylic acids is 1. The third kappa shape index (κ3) is 4.17. The van der Waals surface area contributed by atoms with Gasteiger partial charge in [0.2, 0.25) is 32.5 Å². The highest BCUT2D eigenvalue weighted by molar-refractivity contribution is 7.91. The zero-order valence-corrected chi connectivity index (χ0v) is 17.7. The normalized spacial score (nSPS) is 15.7. The van der Waals surface area contributed by atoms with Gasteiger partial charge < -0.3 is 15.1 Å². The van der Waals surface area contributed by atoms with Gasteiger partial charge in [0.25, 0.3) is 0 Å². The summed E-state index contributed by atoms with van der Waals surface area (Å²) in [7, 11) is -3.87. The summed E-state index contributed by atoms with van der Waals surface area (Å²) in [4.78, 5) is 18.8. The fourth-order valence-corrected chi connectivity index (χ4v) is 5.34. The number of primary amides is 1. The first kappa shape index (κ1) is 20.4. The smallest absolute Gasteiger partial charge is 0.236 e. The van der Waals surface area contributed by atoms with Crippen LogP contribution in [0.1, 0.15) is 23.6 Å². The Morgan fingerprint density at radius 2 is 1.87 bits per heavy atom. The molecule has 0 bridgehead atoms. The van der Waals surface area contributed by atoms with Gasteiger partial charge in [0.15, 0.2) is 0 Å². The zero-order valence-electron chi connectivity index (χ0n) is 16.1. The lowest BCUT2D eigenvalue weighted by molar-refractivity contribution is -0.122. The van der Waals surface area contributed by atoms with Gasteiger partial charge in [-0.3, -0.25) is 4.79 Å². The molecule has 3 heterocycles. The number of sulfone groups is 1. The molecule has 1 fully saturated rings. The number of nitrogens with zero attached hydrogens (tertiary/aromatic N) is 2. The topological polar surface area (TPSA) is 106 Å². The van der Waals surface area contributed by atoms with Gasteiger partial charge in [0, 0.05) is 30.0 Å². The minimum Gasteiger partial charge on any atom is -0.420 e. The highest BCUT2D eigenvalue weighted by Crippen LogP contribution is 2.34. The molecule has 1 aromatic carbocycles. The number of benzene rings is 1. The summed E-state index contributed by atoms with van der Waals surface area (Å²) >= 11 is 1.56. The molecular weight excluding hydrogens is 422 g/mol. The number of nitrogens with two attached hydrogens (primary N) is 1. The zero-order chi connectivity index (χ0) is 21.1. The van der Waals surface area contributed by atoms with Crippen molar-refractivity contribution in [1.82, 2.24) is 4.98 Å². The van der Waals surface area contributed by atoms with Crippen LogP contribution in [-0.2, 0) is 14.6 Å². The van der Waals surface area contributed by atoms with Gasteiger partial charge in [0.1, 0.15) is 0 Å². The van der Waals surface area contributed by atoms with Crippen LogP contribution in [0.5, 0.6) is 0 Å². The molecule has 4 rings (SSSR count). The molecule has 1 aliphatic heterocycles. The van der Waals surface area contributed by atoms with Crippen LogP contribution in [0.15, 0.2) is 62.2 Å². The van der Waals surface area contributed by atoms with Crippen molar-refractivity contribution in [1.29, 1.82) is 0 Å². The molecule has 0 unspecified atom stereocenters. The van der Waals surface area contributed by atoms with Crippen molar-refractivity contribution in [3.05, 3.63) is 58.6 Å². The summed E-state index contributed by atoms with van der Waals surface area (Å²) in [5.74, 6) is -0.127. The molecule has 0 saturated carbocycles. The molecule has 9 heteroatoms. The Kier molecular flexibility index (Phi) is 5.74. The van der Waals surface area contributed by atoms with Crippen LogP contribution in [0.25, 0.3) is 12.2 Å². The maximum atomic E-state index is 13.3. The second-order valence-corrected chi connectivity index (χ2v) is 9.84. The van der Waals surface area contributed by atoms with Crippen molar-refractivity contribution in [3.63, 3.8) is 0 Å². The Labute approximate surface area is 178 Å². The van der Waals surface area contributed by atoms with Gasteiger partial charge in [-0.15, -0.1) is 11.3 Å². The quantitative estimate of drug-likeness (QED) is 0.625. The molecule has 156 valence electrons. The third-order valence-electron chi connectivity index (χ3n) is 5.02. The fraction of sp³-hybridized carbons (Fsp3) is 0.238. The molecule has 0 atom stereocenters. The first-order valence-electron chi connectivity index (χ1n) is 9.52. The van der Waals surface area contributed by atoms with Crippen molar-refractivity contribution < 1.29 is 17.6 Å². The number of hydrogen-bond acceptors (Lipinski definition) is 7. The van der Waals surface area contributed by atoms with E-state index >= 15 is 0 Å². The number of piperidine rings is 1. The number of rotatable bonds is 6. The Hall–Kier alpha value is -2.91. The van der Waals surface area contributed by atoms with Gasteiger partial charge >= 0.3 is 0 Å². The second-order valence-electron chi connectivity index (χ2n) is 6.99. The minimum atomic E-state index is -3.87. The van der Waals surface area contributed by atoms with Gasteiger partial charge in [-0.2, -0.15) is 4.98 Å². The molecule has 3 aromatic rings. The fourth-order valence-electron chi connectivity index (χ4n) is 3.38. The van der Waals surface area contributed by atoms with Crippen LogP contribution in [0.2, 0.25) is 0 Å². The van der Waals surface area contributed by atoms with E-state index in [4.69, 9.17) is 10.2 Å². The van der Waals surface area contributed by atoms with E-state index in [0.29, 0.717) is 25.9 Å². The van der Waals surface area contributed by atoms with Crippen molar-refractivity contribution in [2.75, 3.05) is 18.0 Å². The first-order chi connectivity index (χ1) is 14.4. The number of amides is 1. The van der Waals surface area contributed by atoms with Gasteiger partial charge in [0.05, 0.1) is 4.90 Å². The minimum absolute atomic E-state index is 0.114. The molecule has 0 radical (unpaired) electrons. The maximum absolute atomic E-state index is 13.3. The van der Waals surface area contributed by atoms with Gasteiger partial charge in [-0.1, -0.05) is 24.3 Å². The molecule has 2 aromatic heterocycles. The molecule has 1 saturated heterocycles. The van der Waals surface area contributed by atoms with E-state index in [9.17, 15) is 13.2 Å². The van der Waals surface area contributed by atoms with Crippen LogP contribution in [-0.4, -0.2) is 32.4 Å².